The number of Topliss-reactive ketones (excluding diaryl/α,β-unsaturated/α-hetero) is 1. The van der Waals surface area contributed by atoms with E-state index in [1.54, 1.807) is 37.3 Å². The molecule has 0 saturated heterocycles. The van der Waals surface area contributed by atoms with Crippen LogP contribution in [-0.2, 0) is 4.79 Å². The highest BCUT2D eigenvalue weighted by molar-refractivity contribution is 6.43. The molecule has 0 aromatic heterocycles. The maximum atomic E-state index is 12.4. The van der Waals surface area contributed by atoms with Gasteiger partial charge in [0.25, 0.3) is 0 Å². The van der Waals surface area contributed by atoms with Crippen molar-refractivity contribution in [3.05, 3.63) is 63.3 Å². The van der Waals surface area contributed by atoms with Crippen LogP contribution in [0.4, 0.5) is 0 Å². The van der Waals surface area contributed by atoms with Crippen LogP contribution in [-0.4, -0.2) is 11.8 Å². The van der Waals surface area contributed by atoms with Crippen LogP contribution in [0.2, 0.25) is 10.0 Å². The number of carbonyl (C=O) groups excluding carboxylic acids is 2. The summed E-state index contributed by atoms with van der Waals surface area (Å²) in [5.41, 5.74) is 0.980. The summed E-state index contributed by atoms with van der Waals surface area (Å²) in [5.74, 6) is 0.171. The zero-order chi connectivity index (χ0) is 17.3. The van der Waals surface area contributed by atoms with E-state index in [1.807, 2.05) is 0 Å². The van der Waals surface area contributed by atoms with Gasteiger partial charge < -0.3 is 9.47 Å². The first-order valence-electron chi connectivity index (χ1n) is 7.22. The lowest BCUT2D eigenvalue weighted by molar-refractivity contribution is -0.134. The fraction of sp³-hybridized carbons (Fsp3) is 0.111. The number of ketones is 1. The van der Waals surface area contributed by atoms with Gasteiger partial charge in [-0.15, -0.1) is 0 Å². The first-order valence-corrected chi connectivity index (χ1v) is 7.98. The Morgan fingerprint density at radius 1 is 1.25 bits per heavy atom. The zero-order valence-electron chi connectivity index (χ0n) is 12.6. The minimum atomic E-state index is -0.360. The van der Waals surface area contributed by atoms with Crippen molar-refractivity contribution in [2.45, 2.75) is 13.3 Å². The van der Waals surface area contributed by atoms with Gasteiger partial charge in [0, 0.05) is 12.5 Å². The molecule has 2 aromatic carbocycles. The number of ether oxygens (including phenoxy) is 2. The van der Waals surface area contributed by atoms with Crippen LogP contribution in [0, 0.1) is 0 Å². The first-order chi connectivity index (χ1) is 11.5. The van der Waals surface area contributed by atoms with Crippen molar-refractivity contribution < 1.29 is 19.1 Å². The summed E-state index contributed by atoms with van der Waals surface area (Å²) < 4.78 is 10.7. The van der Waals surface area contributed by atoms with Gasteiger partial charge in [-0.3, -0.25) is 9.59 Å². The van der Waals surface area contributed by atoms with Crippen molar-refractivity contribution in [1.29, 1.82) is 0 Å². The molecule has 0 saturated carbocycles. The van der Waals surface area contributed by atoms with E-state index in [1.165, 1.54) is 12.1 Å². The summed E-state index contributed by atoms with van der Waals surface area (Å²) in [6.45, 7) is 1.70. The Morgan fingerprint density at radius 3 is 2.79 bits per heavy atom. The van der Waals surface area contributed by atoms with Crippen molar-refractivity contribution in [2.75, 3.05) is 0 Å². The van der Waals surface area contributed by atoms with Crippen molar-refractivity contribution in [3.63, 3.8) is 0 Å². The predicted octanol–water partition coefficient (Wildman–Crippen LogP) is 4.93. The molecule has 0 spiro atoms. The molecule has 0 unspecified atom stereocenters. The van der Waals surface area contributed by atoms with E-state index >= 15 is 0 Å². The van der Waals surface area contributed by atoms with Crippen LogP contribution < -0.4 is 9.47 Å². The molecular formula is C18H12Cl2O4. The lowest BCUT2D eigenvalue weighted by atomic mass is 10.1. The molecule has 2 aromatic rings. The van der Waals surface area contributed by atoms with Crippen LogP contribution in [0.25, 0.3) is 6.08 Å². The highest BCUT2D eigenvalue weighted by Gasteiger charge is 2.28. The summed E-state index contributed by atoms with van der Waals surface area (Å²) in [7, 11) is 0. The molecule has 0 N–H and O–H groups in total. The smallest absolute Gasteiger partial charge is 0.310 e. The fourth-order valence-corrected chi connectivity index (χ4v) is 2.57. The topological polar surface area (TPSA) is 52.6 Å². The number of benzene rings is 2. The number of halogens is 2. The van der Waals surface area contributed by atoms with Gasteiger partial charge in [0.15, 0.2) is 5.76 Å². The molecular weight excluding hydrogens is 351 g/mol. The Hall–Kier alpha value is -2.30. The van der Waals surface area contributed by atoms with Crippen LogP contribution in [0.15, 0.2) is 42.2 Å². The molecule has 0 amide bonds. The molecule has 1 aliphatic heterocycles. The molecule has 1 heterocycles. The number of rotatable bonds is 3. The lowest BCUT2D eigenvalue weighted by Gasteiger charge is -2.04. The third-order valence-corrected chi connectivity index (χ3v) is 4.26. The number of allylic oxidation sites excluding steroid dienone is 1. The molecule has 122 valence electrons. The summed E-state index contributed by atoms with van der Waals surface area (Å²) >= 11 is 12.1. The van der Waals surface area contributed by atoms with E-state index in [4.69, 9.17) is 32.7 Å². The minimum absolute atomic E-state index is 0.133. The van der Waals surface area contributed by atoms with Gasteiger partial charge in [0.1, 0.15) is 11.5 Å². The largest absolute Gasteiger partial charge is 0.452 e. The highest BCUT2D eigenvalue weighted by atomic mass is 35.5. The van der Waals surface area contributed by atoms with E-state index in [0.29, 0.717) is 32.7 Å². The van der Waals surface area contributed by atoms with Gasteiger partial charge in [0.2, 0.25) is 5.78 Å². The van der Waals surface area contributed by atoms with Crippen molar-refractivity contribution >= 4 is 41.0 Å². The molecule has 1 aliphatic rings. The second-order valence-corrected chi connectivity index (χ2v) is 5.85. The van der Waals surface area contributed by atoms with E-state index in [2.05, 4.69) is 0 Å². The molecule has 3 rings (SSSR count). The SMILES string of the molecule is CCC(=O)Oc1ccc2c(c1)OC(=Cc1cccc(Cl)c1Cl)C2=O. The first kappa shape index (κ1) is 16.6. The standard InChI is InChI=1S/C18H12Cl2O4/c1-2-16(21)23-11-6-7-12-14(9-11)24-15(18(12)22)8-10-4-3-5-13(19)17(10)20/h3-9H,2H2,1H3. The van der Waals surface area contributed by atoms with Crippen molar-refractivity contribution in [2.24, 2.45) is 0 Å². The zero-order valence-corrected chi connectivity index (χ0v) is 14.1. The van der Waals surface area contributed by atoms with Gasteiger partial charge in [-0.25, -0.2) is 0 Å². The lowest BCUT2D eigenvalue weighted by Crippen LogP contribution is -2.05. The average molecular weight is 363 g/mol. The van der Waals surface area contributed by atoms with E-state index in [-0.39, 0.29) is 23.9 Å². The average Bonchev–Trinajstić information content (AvgIpc) is 2.87. The quantitative estimate of drug-likeness (QED) is 0.441. The van der Waals surface area contributed by atoms with E-state index < -0.39 is 0 Å². The summed E-state index contributed by atoms with van der Waals surface area (Å²) in [6, 6.07) is 9.76. The summed E-state index contributed by atoms with van der Waals surface area (Å²) in [4.78, 5) is 23.8. The number of esters is 1. The van der Waals surface area contributed by atoms with Crippen LogP contribution in [0.1, 0.15) is 29.3 Å². The molecule has 24 heavy (non-hydrogen) atoms. The third-order valence-electron chi connectivity index (χ3n) is 3.43. The molecule has 0 atom stereocenters. The van der Waals surface area contributed by atoms with Crippen molar-refractivity contribution in [1.82, 2.24) is 0 Å². The Morgan fingerprint density at radius 2 is 2.04 bits per heavy atom. The molecule has 0 radical (unpaired) electrons. The molecule has 0 bridgehead atoms. The van der Waals surface area contributed by atoms with Crippen LogP contribution in [0.5, 0.6) is 11.5 Å². The van der Waals surface area contributed by atoms with E-state index in [0.717, 1.165) is 0 Å². The molecule has 6 heteroatoms. The predicted molar refractivity (Wildman–Crippen MR) is 91.8 cm³/mol. The molecule has 0 fully saturated rings. The molecule has 0 aliphatic carbocycles. The number of hydrogen-bond donors (Lipinski definition) is 0. The maximum absolute atomic E-state index is 12.4. The Bertz CT molecular complexity index is 871. The van der Waals surface area contributed by atoms with E-state index in [9.17, 15) is 9.59 Å². The van der Waals surface area contributed by atoms with Crippen LogP contribution >= 0.6 is 23.2 Å². The maximum Gasteiger partial charge on any atom is 0.310 e. The fourth-order valence-electron chi connectivity index (χ4n) is 2.21. The van der Waals surface area contributed by atoms with Gasteiger partial charge in [-0.2, -0.15) is 0 Å². The van der Waals surface area contributed by atoms with Crippen LogP contribution in [0.3, 0.4) is 0 Å². The second kappa shape index (κ2) is 6.67. The van der Waals surface area contributed by atoms with Gasteiger partial charge in [-0.05, 0) is 29.8 Å². The Balaban J connectivity index is 1.91. The monoisotopic (exact) mass is 362 g/mol. The third kappa shape index (κ3) is 3.16. The number of hydrogen-bond acceptors (Lipinski definition) is 4. The van der Waals surface area contributed by atoms with Gasteiger partial charge in [-0.1, -0.05) is 42.3 Å². The normalized spacial score (nSPS) is 14.5. The van der Waals surface area contributed by atoms with Gasteiger partial charge >= 0.3 is 5.97 Å². The van der Waals surface area contributed by atoms with Gasteiger partial charge in [0.05, 0.1) is 15.6 Å². The minimum Gasteiger partial charge on any atom is -0.452 e. The number of carbonyl (C=O) groups is 2. The van der Waals surface area contributed by atoms with Crippen molar-refractivity contribution in [3.8, 4) is 11.5 Å². The Labute approximate surface area is 148 Å². The molecule has 4 nitrogen and oxygen atoms in total. The highest BCUT2D eigenvalue weighted by Crippen LogP contribution is 2.36. The Kier molecular flexibility index (Phi) is 4.60. The summed E-state index contributed by atoms with van der Waals surface area (Å²) in [5, 5.41) is 0.735. The summed E-state index contributed by atoms with van der Waals surface area (Å²) in [6.07, 6.45) is 1.80. The number of fused-ring (bicyclic) bond motifs is 1. The second-order valence-electron chi connectivity index (χ2n) is 5.07.